The Labute approximate surface area is 138 Å². The molecule has 21 heavy (non-hydrogen) atoms. The van der Waals surface area contributed by atoms with Crippen molar-refractivity contribution in [3.05, 3.63) is 20.9 Å². The molecule has 1 rings (SSSR count). The quantitative estimate of drug-likeness (QED) is 0.464. The van der Waals surface area contributed by atoms with Crippen molar-refractivity contribution >= 4 is 52.1 Å². The van der Waals surface area contributed by atoms with Gasteiger partial charge >= 0.3 is 5.91 Å². The molecule has 0 aromatic carbocycles. The van der Waals surface area contributed by atoms with Gasteiger partial charge in [0.25, 0.3) is 10.8 Å². The molecule has 0 saturated heterocycles. The van der Waals surface area contributed by atoms with Gasteiger partial charge < -0.3 is 5.73 Å². The molecule has 1 aromatic heterocycles. The number of hydrazone groups is 1. The Bertz CT molecular complexity index is 553. The smallest absolute Gasteiger partial charge is 0.337 e. The highest BCUT2D eigenvalue weighted by atomic mass is 35.5. The van der Waals surface area contributed by atoms with E-state index in [1.54, 1.807) is 0 Å². The molecule has 8 heteroatoms. The number of nitrogens with zero attached hydrogens (tertiary/aromatic N) is 1. The van der Waals surface area contributed by atoms with Gasteiger partial charge in [0.05, 0.1) is 5.69 Å². The second-order valence-corrected chi connectivity index (χ2v) is 5.61. The minimum absolute atomic E-state index is 0.0182. The van der Waals surface area contributed by atoms with Crippen molar-refractivity contribution in [2.24, 2.45) is 5.10 Å². The maximum absolute atomic E-state index is 12.1. The molecular weight excluding hydrogens is 335 g/mol. The summed E-state index contributed by atoms with van der Waals surface area (Å²) in [5, 5.41) is 4.28. The van der Waals surface area contributed by atoms with E-state index in [4.69, 9.17) is 40.5 Å². The number of anilines is 1. The Morgan fingerprint density at radius 2 is 1.76 bits per heavy atom. The number of nitrogens with one attached hydrogen (secondary N) is 2. The van der Waals surface area contributed by atoms with Gasteiger partial charge in [0, 0.05) is 5.71 Å². The minimum Gasteiger partial charge on any atom is -0.396 e. The first kappa shape index (κ1) is 18.0. The third-order valence-corrected chi connectivity index (χ3v) is 3.91. The Hall–Kier alpha value is -1.04. The zero-order chi connectivity index (χ0) is 16.0. The number of nitrogens with two attached hydrogens (primary N) is 1. The number of nitrogen functional groups attached to an aromatic ring is 1. The Balaban J connectivity index is 2.97. The van der Waals surface area contributed by atoms with Gasteiger partial charge in [0.2, 0.25) is 0 Å². The lowest BCUT2D eigenvalue weighted by atomic mass is 10.1. The number of hydrogen-bond acceptors (Lipinski definition) is 3. The largest absolute Gasteiger partial charge is 0.396 e. The Morgan fingerprint density at radius 3 is 2.29 bits per heavy atom. The molecule has 0 aliphatic heterocycles. The average molecular weight is 353 g/mol. The topological polar surface area (TPSA) is 81.6 Å². The lowest BCUT2D eigenvalue weighted by Crippen LogP contribution is -2.29. The van der Waals surface area contributed by atoms with Crippen LogP contribution in [0.25, 0.3) is 0 Å². The minimum atomic E-state index is -0.519. The molecule has 0 atom stereocenters. The number of carbonyl (C=O) groups excluding carboxylic acids is 1. The van der Waals surface area contributed by atoms with Crippen LogP contribution in [0, 0.1) is 0 Å². The van der Waals surface area contributed by atoms with Gasteiger partial charge in [-0.2, -0.15) is 10.1 Å². The van der Waals surface area contributed by atoms with Crippen molar-refractivity contribution in [1.29, 1.82) is 0 Å². The van der Waals surface area contributed by atoms with Gasteiger partial charge in [0.1, 0.15) is 10.0 Å². The first-order valence-corrected chi connectivity index (χ1v) is 7.76. The van der Waals surface area contributed by atoms with Crippen molar-refractivity contribution in [1.82, 2.24) is 5.43 Å². The highest BCUT2D eigenvalue weighted by Gasteiger charge is 2.25. The van der Waals surface area contributed by atoms with Crippen LogP contribution in [-0.4, -0.2) is 11.6 Å². The van der Waals surface area contributed by atoms with E-state index in [9.17, 15) is 4.79 Å². The monoisotopic (exact) mass is 351 g/mol. The lowest BCUT2D eigenvalue weighted by molar-refractivity contribution is -0.379. The summed E-state index contributed by atoms with van der Waals surface area (Å²) in [6, 6.07) is 0. The van der Waals surface area contributed by atoms with Crippen LogP contribution >= 0.6 is 34.8 Å². The highest BCUT2D eigenvalue weighted by Crippen LogP contribution is 2.31. The molecule has 0 spiro atoms. The second-order valence-electron chi connectivity index (χ2n) is 4.47. The number of pyridine rings is 1. The lowest BCUT2D eigenvalue weighted by Gasteiger charge is -2.05. The normalized spacial score (nSPS) is 10.3. The van der Waals surface area contributed by atoms with E-state index in [1.807, 2.05) is 0 Å². The number of carbonyl (C=O) groups is 1. The number of amides is 1. The van der Waals surface area contributed by atoms with Crippen LogP contribution < -0.4 is 16.1 Å². The second kappa shape index (κ2) is 8.41. The average Bonchev–Trinajstić information content (AvgIpc) is 2.46. The molecule has 5 nitrogen and oxygen atoms in total. The molecule has 4 N–H and O–H groups in total. The standard InChI is InChI=1S/C13H17Cl3N4O/c1-3-5-7(6-4-2)19-20-13(21)11-8(14)10(17)9(15)12(16)18-11/h3-6H2,1-2H3,(H2,17,18)(H,20,21)/p+1. The molecular formula is C13H18Cl3N4O+. The number of aromatic amines is 1. The number of aromatic nitrogens is 1. The van der Waals surface area contributed by atoms with E-state index in [1.165, 1.54) is 0 Å². The maximum atomic E-state index is 12.1. The van der Waals surface area contributed by atoms with E-state index in [-0.39, 0.29) is 26.6 Å². The molecule has 0 aliphatic rings. The molecule has 1 aromatic rings. The summed E-state index contributed by atoms with van der Waals surface area (Å²) in [5.74, 6) is -0.519. The summed E-state index contributed by atoms with van der Waals surface area (Å²) in [4.78, 5) is 14.7. The fourth-order valence-corrected chi connectivity index (χ4v) is 2.34. The Kier molecular flexibility index (Phi) is 7.22. The third kappa shape index (κ3) is 4.73. The summed E-state index contributed by atoms with van der Waals surface area (Å²) in [6.07, 6.45) is 3.58. The summed E-state index contributed by atoms with van der Waals surface area (Å²) in [5.41, 5.74) is 9.16. The molecule has 0 fully saturated rings. The van der Waals surface area contributed by atoms with Gasteiger partial charge in [-0.15, -0.1) is 0 Å². The Morgan fingerprint density at radius 1 is 1.19 bits per heavy atom. The number of H-pyrrole nitrogens is 1. The molecule has 1 heterocycles. The van der Waals surface area contributed by atoms with Crippen LogP contribution in [0.5, 0.6) is 0 Å². The van der Waals surface area contributed by atoms with Crippen LogP contribution in [-0.2, 0) is 0 Å². The van der Waals surface area contributed by atoms with Crippen molar-refractivity contribution in [2.45, 2.75) is 39.5 Å². The highest BCUT2D eigenvalue weighted by molar-refractivity contribution is 6.45. The zero-order valence-electron chi connectivity index (χ0n) is 11.9. The summed E-state index contributed by atoms with van der Waals surface area (Å²) in [6.45, 7) is 4.11. The SMILES string of the molecule is CCCC(CCC)=NNC(=O)c1[nH+]c(Cl)c(Cl)c(N)c1Cl. The first-order chi connectivity index (χ1) is 9.92. The number of hydrogen-bond donors (Lipinski definition) is 2. The van der Waals surface area contributed by atoms with Crippen molar-refractivity contribution in [3.63, 3.8) is 0 Å². The molecule has 0 aliphatic carbocycles. The van der Waals surface area contributed by atoms with Crippen molar-refractivity contribution in [2.75, 3.05) is 5.73 Å². The van der Waals surface area contributed by atoms with Gasteiger partial charge in [-0.3, -0.25) is 4.79 Å². The van der Waals surface area contributed by atoms with Gasteiger partial charge in [-0.05, 0) is 24.4 Å². The van der Waals surface area contributed by atoms with Gasteiger partial charge in [-0.1, -0.05) is 49.9 Å². The number of halogens is 3. The maximum Gasteiger partial charge on any atom is 0.337 e. The first-order valence-electron chi connectivity index (χ1n) is 6.63. The van der Waals surface area contributed by atoms with E-state index < -0.39 is 5.91 Å². The summed E-state index contributed by atoms with van der Waals surface area (Å²) >= 11 is 17.7. The summed E-state index contributed by atoms with van der Waals surface area (Å²) < 4.78 is 0. The fourth-order valence-electron chi connectivity index (χ4n) is 1.72. The van der Waals surface area contributed by atoms with E-state index in [2.05, 4.69) is 29.4 Å². The van der Waals surface area contributed by atoms with Crippen LogP contribution in [0.3, 0.4) is 0 Å². The van der Waals surface area contributed by atoms with E-state index >= 15 is 0 Å². The van der Waals surface area contributed by atoms with Crippen molar-refractivity contribution in [3.8, 4) is 0 Å². The van der Waals surface area contributed by atoms with Crippen LogP contribution in [0.15, 0.2) is 5.10 Å². The van der Waals surface area contributed by atoms with E-state index in [0.717, 1.165) is 31.4 Å². The molecule has 0 saturated carbocycles. The fraction of sp³-hybridized carbons (Fsp3) is 0.462. The molecule has 0 bridgehead atoms. The van der Waals surface area contributed by atoms with Crippen molar-refractivity contribution < 1.29 is 9.78 Å². The van der Waals surface area contributed by atoms with Crippen LogP contribution in [0.1, 0.15) is 50.0 Å². The number of rotatable bonds is 6. The van der Waals surface area contributed by atoms with Gasteiger partial charge in [0.15, 0.2) is 0 Å². The predicted octanol–water partition coefficient (Wildman–Crippen LogP) is 3.73. The molecule has 0 radical (unpaired) electrons. The van der Waals surface area contributed by atoms with Gasteiger partial charge in [-0.25, -0.2) is 5.43 Å². The van der Waals surface area contributed by atoms with Crippen LogP contribution in [0.4, 0.5) is 5.69 Å². The van der Waals surface area contributed by atoms with E-state index in [0.29, 0.717) is 0 Å². The molecule has 0 unspecified atom stereocenters. The molecule has 116 valence electrons. The third-order valence-electron chi connectivity index (χ3n) is 2.74. The van der Waals surface area contributed by atoms with Crippen LogP contribution in [0.2, 0.25) is 15.2 Å². The molecule has 1 amide bonds. The zero-order valence-corrected chi connectivity index (χ0v) is 14.2. The summed E-state index contributed by atoms with van der Waals surface area (Å²) in [7, 11) is 0. The predicted molar refractivity (Wildman–Crippen MR) is 87.2 cm³/mol.